The Hall–Kier alpha value is -1.73. The number of hydrogen-bond acceptors (Lipinski definition) is 5. The van der Waals surface area contributed by atoms with E-state index in [1.165, 1.54) is 0 Å². The molecule has 1 aromatic heterocycles. The molecule has 1 aromatic rings. The summed E-state index contributed by atoms with van der Waals surface area (Å²) in [7, 11) is 4.15. The topological polar surface area (TPSA) is 89.5 Å². The maximum absolute atomic E-state index is 12.0. The second kappa shape index (κ2) is 6.36. The number of nitrogens with one attached hydrogen (secondary N) is 1. The first-order valence-corrected chi connectivity index (χ1v) is 7.06. The van der Waals surface area contributed by atoms with Gasteiger partial charge < -0.3 is 19.9 Å². The number of carboxylic acids is 1. The van der Waals surface area contributed by atoms with Gasteiger partial charge in [0.15, 0.2) is 0 Å². The maximum atomic E-state index is 12.0. The van der Waals surface area contributed by atoms with Crippen LogP contribution in [0.15, 0.2) is 4.79 Å². The number of likely N-dealkylation sites (N-methyl/N-ethyl adjacent to an activating group) is 2. The van der Waals surface area contributed by atoms with E-state index in [2.05, 4.69) is 33.9 Å². The van der Waals surface area contributed by atoms with Gasteiger partial charge in [-0.05, 0) is 21.0 Å². The highest BCUT2D eigenvalue weighted by Crippen LogP contribution is 2.10. The number of H-pyrrole nitrogens is 1. The maximum Gasteiger partial charge on any atom is 0.308 e. The van der Waals surface area contributed by atoms with Crippen LogP contribution in [0.5, 0.6) is 0 Å². The molecule has 1 fully saturated rings. The molecule has 0 radical (unpaired) electrons. The molecule has 2 N–H and O–H groups in total. The average molecular weight is 294 g/mol. The number of aromatic nitrogens is 2. The summed E-state index contributed by atoms with van der Waals surface area (Å²) in [6.45, 7) is 4.64. The third kappa shape index (κ3) is 3.89. The quantitative estimate of drug-likeness (QED) is 0.778. The van der Waals surface area contributed by atoms with E-state index < -0.39 is 5.97 Å². The van der Waals surface area contributed by atoms with Crippen LogP contribution in [0.1, 0.15) is 17.1 Å². The van der Waals surface area contributed by atoms with Crippen LogP contribution in [0.4, 0.5) is 0 Å². The molecule has 0 spiro atoms. The Balaban J connectivity index is 2.18. The minimum absolute atomic E-state index is 0.236. The number of piperazine rings is 1. The van der Waals surface area contributed by atoms with Gasteiger partial charge in [0.2, 0.25) is 0 Å². The summed E-state index contributed by atoms with van der Waals surface area (Å²) in [4.78, 5) is 34.4. The zero-order valence-corrected chi connectivity index (χ0v) is 12.7. The number of carbonyl (C=O) groups is 1. The molecule has 1 saturated heterocycles. The van der Waals surface area contributed by atoms with Gasteiger partial charge in [-0.2, -0.15) is 0 Å². The molecular weight excluding hydrogens is 272 g/mol. The molecule has 1 aliphatic rings. The molecule has 1 unspecified atom stereocenters. The van der Waals surface area contributed by atoms with Crippen LogP contribution in [-0.4, -0.2) is 70.6 Å². The highest BCUT2D eigenvalue weighted by atomic mass is 16.4. The summed E-state index contributed by atoms with van der Waals surface area (Å²) in [5, 5.41) is 8.82. The monoisotopic (exact) mass is 294 g/mol. The molecule has 2 rings (SSSR count). The molecule has 7 heteroatoms. The Labute approximate surface area is 123 Å². The molecule has 0 aromatic carbocycles. The first-order valence-electron chi connectivity index (χ1n) is 7.06. The Morgan fingerprint density at radius 3 is 2.76 bits per heavy atom. The van der Waals surface area contributed by atoms with Crippen molar-refractivity contribution in [1.82, 2.24) is 19.8 Å². The lowest BCUT2D eigenvalue weighted by atomic mass is 10.1. The first kappa shape index (κ1) is 15.7. The fourth-order valence-electron chi connectivity index (χ4n) is 2.67. The van der Waals surface area contributed by atoms with Crippen molar-refractivity contribution < 1.29 is 9.90 Å². The number of nitrogens with zero attached hydrogens (tertiary/aromatic N) is 3. The van der Waals surface area contributed by atoms with Crippen LogP contribution in [0, 0.1) is 6.92 Å². The SMILES string of the molecule is Cc1nc(CC2CN(C)CCN2C)[nH]c(=O)c1CC(=O)O. The van der Waals surface area contributed by atoms with Gasteiger partial charge in [-0.1, -0.05) is 0 Å². The molecule has 0 amide bonds. The van der Waals surface area contributed by atoms with Crippen molar-refractivity contribution in [2.24, 2.45) is 0 Å². The van der Waals surface area contributed by atoms with Gasteiger partial charge in [0, 0.05) is 43.4 Å². The van der Waals surface area contributed by atoms with E-state index in [4.69, 9.17) is 5.11 Å². The van der Waals surface area contributed by atoms with Gasteiger partial charge in [0.05, 0.1) is 6.42 Å². The molecule has 2 heterocycles. The first-order chi connectivity index (χ1) is 9.86. The van der Waals surface area contributed by atoms with Crippen LogP contribution in [-0.2, 0) is 17.6 Å². The fraction of sp³-hybridized carbons (Fsp3) is 0.643. The molecular formula is C14H22N4O3. The smallest absolute Gasteiger partial charge is 0.308 e. The third-order valence-corrected chi connectivity index (χ3v) is 4.01. The van der Waals surface area contributed by atoms with E-state index in [1.807, 2.05) is 0 Å². The van der Waals surface area contributed by atoms with Crippen LogP contribution in [0.2, 0.25) is 0 Å². The van der Waals surface area contributed by atoms with E-state index >= 15 is 0 Å². The minimum Gasteiger partial charge on any atom is -0.481 e. The molecule has 1 atom stereocenters. The van der Waals surface area contributed by atoms with Crippen molar-refractivity contribution in [3.05, 3.63) is 27.4 Å². The fourth-order valence-corrected chi connectivity index (χ4v) is 2.67. The summed E-state index contributed by atoms with van der Waals surface area (Å²) in [6, 6.07) is 0.302. The second-order valence-electron chi connectivity index (χ2n) is 5.75. The third-order valence-electron chi connectivity index (χ3n) is 4.01. The summed E-state index contributed by atoms with van der Waals surface area (Å²) < 4.78 is 0. The van der Waals surface area contributed by atoms with Gasteiger partial charge in [-0.3, -0.25) is 9.59 Å². The number of hydrogen-bond donors (Lipinski definition) is 2. The number of aryl methyl sites for hydroxylation is 1. The van der Waals surface area contributed by atoms with Gasteiger partial charge in [-0.15, -0.1) is 0 Å². The minimum atomic E-state index is -1.02. The Morgan fingerprint density at radius 1 is 1.43 bits per heavy atom. The van der Waals surface area contributed by atoms with Gasteiger partial charge in [-0.25, -0.2) is 4.98 Å². The molecule has 0 saturated carbocycles. The normalized spacial score (nSPS) is 20.6. The highest BCUT2D eigenvalue weighted by molar-refractivity contribution is 5.70. The number of aliphatic carboxylic acids is 1. The lowest BCUT2D eigenvalue weighted by molar-refractivity contribution is -0.136. The van der Waals surface area contributed by atoms with E-state index in [0.717, 1.165) is 19.6 Å². The lowest BCUT2D eigenvalue weighted by Crippen LogP contribution is -2.51. The van der Waals surface area contributed by atoms with Crippen LogP contribution in [0.3, 0.4) is 0 Å². The van der Waals surface area contributed by atoms with Crippen molar-refractivity contribution in [2.45, 2.75) is 25.8 Å². The highest BCUT2D eigenvalue weighted by Gasteiger charge is 2.23. The number of aromatic amines is 1. The Bertz CT molecular complexity index is 584. The zero-order valence-electron chi connectivity index (χ0n) is 12.7. The van der Waals surface area contributed by atoms with E-state index in [1.54, 1.807) is 6.92 Å². The summed E-state index contributed by atoms with van der Waals surface area (Å²) in [6.07, 6.45) is 0.366. The van der Waals surface area contributed by atoms with Crippen molar-refractivity contribution in [3.63, 3.8) is 0 Å². The molecule has 7 nitrogen and oxygen atoms in total. The molecule has 0 aliphatic carbocycles. The molecule has 21 heavy (non-hydrogen) atoms. The van der Waals surface area contributed by atoms with E-state index in [0.29, 0.717) is 24.0 Å². The molecule has 0 bridgehead atoms. The summed E-state index contributed by atoms with van der Waals surface area (Å²) in [5.41, 5.74) is 0.398. The van der Waals surface area contributed by atoms with Crippen LogP contribution < -0.4 is 5.56 Å². The lowest BCUT2D eigenvalue weighted by Gasteiger charge is -2.37. The molecule has 1 aliphatic heterocycles. The van der Waals surface area contributed by atoms with Crippen molar-refractivity contribution in [3.8, 4) is 0 Å². The number of rotatable bonds is 4. The summed E-state index contributed by atoms with van der Waals surface area (Å²) >= 11 is 0. The van der Waals surface area contributed by atoms with Crippen molar-refractivity contribution in [1.29, 1.82) is 0 Å². The van der Waals surface area contributed by atoms with Crippen LogP contribution in [0.25, 0.3) is 0 Å². The standard InChI is InChI=1S/C14H22N4O3/c1-9-11(7-13(19)20)14(21)16-12(15-9)6-10-8-17(2)4-5-18(10)3/h10H,4-8H2,1-3H3,(H,19,20)(H,15,16,21). The zero-order chi connectivity index (χ0) is 15.6. The van der Waals surface area contributed by atoms with E-state index in [-0.39, 0.29) is 17.5 Å². The van der Waals surface area contributed by atoms with Crippen molar-refractivity contribution in [2.75, 3.05) is 33.7 Å². The van der Waals surface area contributed by atoms with Gasteiger partial charge in [0.1, 0.15) is 5.82 Å². The Morgan fingerprint density at radius 2 is 2.14 bits per heavy atom. The molecule has 116 valence electrons. The second-order valence-corrected chi connectivity index (χ2v) is 5.75. The Kier molecular flexibility index (Phi) is 4.74. The van der Waals surface area contributed by atoms with E-state index in [9.17, 15) is 9.59 Å². The largest absolute Gasteiger partial charge is 0.481 e. The van der Waals surface area contributed by atoms with Gasteiger partial charge in [0.25, 0.3) is 5.56 Å². The number of carboxylic acid groups (broad SMARTS) is 1. The van der Waals surface area contributed by atoms with Crippen molar-refractivity contribution >= 4 is 5.97 Å². The predicted octanol–water partition coefficient (Wildman–Crippen LogP) is -0.506. The summed E-state index contributed by atoms with van der Waals surface area (Å²) in [5.74, 6) is -0.398. The van der Waals surface area contributed by atoms with Crippen LogP contribution >= 0.6 is 0 Å². The predicted molar refractivity (Wildman–Crippen MR) is 78.6 cm³/mol. The van der Waals surface area contributed by atoms with Gasteiger partial charge >= 0.3 is 5.97 Å². The average Bonchev–Trinajstić information content (AvgIpc) is 2.38.